The molecule has 1 aliphatic carbocycles. The van der Waals surface area contributed by atoms with Crippen LogP contribution >= 0.6 is 0 Å². The lowest BCUT2D eigenvalue weighted by molar-refractivity contribution is 0.247. The van der Waals surface area contributed by atoms with Gasteiger partial charge in [-0.05, 0) is 30.9 Å². The lowest BCUT2D eigenvalue weighted by Gasteiger charge is -2.21. The van der Waals surface area contributed by atoms with Crippen molar-refractivity contribution in [1.29, 1.82) is 0 Å². The van der Waals surface area contributed by atoms with E-state index in [0.29, 0.717) is 5.92 Å². The van der Waals surface area contributed by atoms with Crippen LogP contribution in [0.15, 0.2) is 24.3 Å². The number of ether oxygens (including phenoxy) is 1. The van der Waals surface area contributed by atoms with E-state index in [9.17, 15) is 4.79 Å². The van der Waals surface area contributed by atoms with E-state index in [1.807, 2.05) is 18.2 Å². The molecule has 1 aromatic rings. The van der Waals surface area contributed by atoms with Gasteiger partial charge in [0.15, 0.2) is 0 Å². The van der Waals surface area contributed by atoms with Crippen molar-refractivity contribution in [2.45, 2.75) is 32.1 Å². The highest BCUT2D eigenvalue weighted by Gasteiger charge is 2.14. The molecule has 2 amide bonds. The van der Waals surface area contributed by atoms with Gasteiger partial charge in [-0.2, -0.15) is 0 Å². The Hall–Kier alpha value is -1.71. The van der Waals surface area contributed by atoms with Crippen LogP contribution in [0.25, 0.3) is 0 Å². The topological polar surface area (TPSA) is 50.4 Å². The summed E-state index contributed by atoms with van der Waals surface area (Å²) < 4.78 is 5.12. The predicted octanol–water partition coefficient (Wildman–Crippen LogP) is 3.40. The fraction of sp³-hybridized carbons (Fsp3) is 0.533. The maximum absolute atomic E-state index is 11.8. The number of carbonyl (C=O) groups is 1. The van der Waals surface area contributed by atoms with Gasteiger partial charge in [0, 0.05) is 18.3 Å². The average Bonchev–Trinajstić information content (AvgIpc) is 2.46. The quantitative estimate of drug-likeness (QED) is 0.873. The van der Waals surface area contributed by atoms with Crippen LogP contribution in [0.4, 0.5) is 10.5 Å². The van der Waals surface area contributed by atoms with E-state index in [1.54, 1.807) is 13.2 Å². The summed E-state index contributed by atoms with van der Waals surface area (Å²) in [5.74, 6) is 1.38. The van der Waals surface area contributed by atoms with Gasteiger partial charge in [0.25, 0.3) is 0 Å². The second-order valence-corrected chi connectivity index (χ2v) is 5.07. The van der Waals surface area contributed by atoms with E-state index in [1.165, 1.54) is 32.1 Å². The van der Waals surface area contributed by atoms with Gasteiger partial charge in [0.1, 0.15) is 5.75 Å². The molecule has 1 aromatic carbocycles. The summed E-state index contributed by atoms with van der Waals surface area (Å²) in [7, 11) is 1.61. The van der Waals surface area contributed by atoms with E-state index in [2.05, 4.69) is 10.6 Å². The Kier molecular flexibility index (Phi) is 5.07. The van der Waals surface area contributed by atoms with Crippen molar-refractivity contribution in [2.75, 3.05) is 19.0 Å². The number of benzene rings is 1. The highest BCUT2D eigenvalue weighted by atomic mass is 16.5. The first kappa shape index (κ1) is 13.7. The van der Waals surface area contributed by atoms with Crippen molar-refractivity contribution in [2.24, 2.45) is 5.92 Å². The molecule has 0 heterocycles. The summed E-state index contributed by atoms with van der Waals surface area (Å²) in [6.07, 6.45) is 6.40. The van der Waals surface area contributed by atoms with Gasteiger partial charge in [0.2, 0.25) is 0 Å². The zero-order chi connectivity index (χ0) is 13.5. The SMILES string of the molecule is COc1cccc(NC(=O)NCC2CCCCC2)c1. The molecule has 0 bridgehead atoms. The number of hydrogen-bond acceptors (Lipinski definition) is 2. The predicted molar refractivity (Wildman–Crippen MR) is 76.6 cm³/mol. The van der Waals surface area contributed by atoms with Gasteiger partial charge < -0.3 is 15.4 Å². The maximum Gasteiger partial charge on any atom is 0.319 e. The first-order chi connectivity index (χ1) is 9.28. The van der Waals surface area contributed by atoms with Crippen LogP contribution in [0.1, 0.15) is 32.1 Å². The molecule has 0 unspecified atom stereocenters. The van der Waals surface area contributed by atoms with Crippen LogP contribution in [0.2, 0.25) is 0 Å². The number of nitrogens with one attached hydrogen (secondary N) is 2. The summed E-state index contributed by atoms with van der Waals surface area (Å²) in [5, 5.41) is 5.77. The second kappa shape index (κ2) is 7.02. The lowest BCUT2D eigenvalue weighted by atomic mass is 9.89. The first-order valence-corrected chi connectivity index (χ1v) is 6.97. The Balaban J connectivity index is 1.76. The monoisotopic (exact) mass is 262 g/mol. The zero-order valence-corrected chi connectivity index (χ0v) is 11.4. The van der Waals surface area contributed by atoms with Crippen molar-refractivity contribution < 1.29 is 9.53 Å². The molecule has 0 atom stereocenters. The molecule has 4 heteroatoms. The van der Waals surface area contributed by atoms with E-state index < -0.39 is 0 Å². The number of rotatable bonds is 4. The fourth-order valence-corrected chi connectivity index (χ4v) is 2.50. The molecule has 0 aliphatic heterocycles. The second-order valence-electron chi connectivity index (χ2n) is 5.07. The van der Waals surface area contributed by atoms with Crippen LogP contribution < -0.4 is 15.4 Å². The first-order valence-electron chi connectivity index (χ1n) is 6.97. The molecule has 1 fully saturated rings. The highest BCUT2D eigenvalue weighted by Crippen LogP contribution is 2.22. The third kappa shape index (κ3) is 4.47. The van der Waals surface area contributed by atoms with Gasteiger partial charge in [0.05, 0.1) is 7.11 Å². The largest absolute Gasteiger partial charge is 0.497 e. The van der Waals surface area contributed by atoms with Crippen molar-refractivity contribution in [3.8, 4) is 5.75 Å². The number of amides is 2. The fourth-order valence-electron chi connectivity index (χ4n) is 2.50. The minimum atomic E-state index is -0.140. The molecule has 1 aliphatic rings. The minimum absolute atomic E-state index is 0.140. The summed E-state index contributed by atoms with van der Waals surface area (Å²) in [6.45, 7) is 0.774. The van der Waals surface area contributed by atoms with Crippen molar-refractivity contribution >= 4 is 11.7 Å². The number of anilines is 1. The molecule has 104 valence electrons. The average molecular weight is 262 g/mol. The summed E-state index contributed by atoms with van der Waals surface area (Å²) in [5.41, 5.74) is 0.750. The van der Waals surface area contributed by atoms with Crippen LogP contribution in [-0.4, -0.2) is 19.7 Å². The molecule has 0 aromatic heterocycles. The smallest absolute Gasteiger partial charge is 0.319 e. The molecular formula is C15H22N2O2. The number of hydrogen-bond donors (Lipinski definition) is 2. The molecule has 2 rings (SSSR count). The molecule has 19 heavy (non-hydrogen) atoms. The van der Waals surface area contributed by atoms with Crippen LogP contribution in [-0.2, 0) is 0 Å². The number of carbonyl (C=O) groups excluding carboxylic acids is 1. The van der Waals surface area contributed by atoms with E-state index in [0.717, 1.165) is 18.0 Å². The van der Waals surface area contributed by atoms with Gasteiger partial charge in [-0.15, -0.1) is 0 Å². The van der Waals surface area contributed by atoms with Crippen molar-refractivity contribution in [3.63, 3.8) is 0 Å². The van der Waals surface area contributed by atoms with Crippen molar-refractivity contribution in [1.82, 2.24) is 5.32 Å². The molecule has 0 radical (unpaired) electrons. The van der Waals surface area contributed by atoms with Crippen molar-refractivity contribution in [3.05, 3.63) is 24.3 Å². The molecular weight excluding hydrogens is 240 g/mol. The Labute approximate surface area is 114 Å². The van der Waals surface area contributed by atoms with Crippen LogP contribution in [0, 0.1) is 5.92 Å². The maximum atomic E-state index is 11.8. The Morgan fingerprint density at radius 1 is 1.32 bits per heavy atom. The highest BCUT2D eigenvalue weighted by molar-refractivity contribution is 5.89. The van der Waals surface area contributed by atoms with Gasteiger partial charge in [-0.25, -0.2) is 4.79 Å². The molecule has 4 nitrogen and oxygen atoms in total. The van der Waals surface area contributed by atoms with Gasteiger partial charge in [-0.1, -0.05) is 25.3 Å². The summed E-state index contributed by atoms with van der Waals surface area (Å²) >= 11 is 0. The summed E-state index contributed by atoms with van der Waals surface area (Å²) in [6, 6.07) is 7.22. The standard InChI is InChI=1S/C15H22N2O2/c1-19-14-9-5-8-13(10-14)17-15(18)16-11-12-6-3-2-4-7-12/h5,8-10,12H,2-4,6-7,11H2,1H3,(H2,16,17,18). The lowest BCUT2D eigenvalue weighted by Crippen LogP contribution is -2.33. The Morgan fingerprint density at radius 2 is 2.11 bits per heavy atom. The molecule has 1 saturated carbocycles. The third-order valence-electron chi connectivity index (χ3n) is 3.60. The number of methoxy groups -OCH3 is 1. The van der Waals surface area contributed by atoms with E-state index in [4.69, 9.17) is 4.74 Å². The minimum Gasteiger partial charge on any atom is -0.497 e. The number of urea groups is 1. The Morgan fingerprint density at radius 3 is 2.84 bits per heavy atom. The van der Waals surface area contributed by atoms with E-state index in [-0.39, 0.29) is 6.03 Å². The molecule has 0 saturated heterocycles. The van der Waals surface area contributed by atoms with Gasteiger partial charge in [-0.3, -0.25) is 0 Å². The zero-order valence-electron chi connectivity index (χ0n) is 11.4. The molecule has 2 N–H and O–H groups in total. The van der Waals surface area contributed by atoms with E-state index >= 15 is 0 Å². The summed E-state index contributed by atoms with van der Waals surface area (Å²) in [4.78, 5) is 11.8. The normalized spacial score (nSPS) is 15.8. The van der Waals surface area contributed by atoms with Crippen LogP contribution in [0.3, 0.4) is 0 Å². The van der Waals surface area contributed by atoms with Gasteiger partial charge >= 0.3 is 6.03 Å². The Bertz CT molecular complexity index is 414. The third-order valence-corrected chi connectivity index (χ3v) is 3.60. The molecule has 0 spiro atoms. The van der Waals surface area contributed by atoms with Crippen LogP contribution in [0.5, 0.6) is 5.75 Å².